The van der Waals surface area contributed by atoms with Gasteiger partial charge in [0.1, 0.15) is 11.2 Å². The van der Waals surface area contributed by atoms with E-state index in [4.69, 9.17) is 14.4 Å². The predicted molar refractivity (Wildman–Crippen MR) is 231 cm³/mol. The largest absolute Gasteiger partial charge is 0.456 e. The van der Waals surface area contributed by atoms with Crippen LogP contribution in [-0.4, -0.2) is 14.5 Å². The molecule has 0 aliphatic heterocycles. The highest BCUT2D eigenvalue weighted by Crippen LogP contribution is 2.42. The standard InChI is InChI=1S/C52H33N3O/c1-3-14-34(15-4-1)35-26-28-36(29-27-35)45-33-46(54-52(53-45)37-16-5-2-6-17-37)44-31-39(32-50-51(44)43-22-9-12-25-49(43)56-50)38-18-13-19-40(30-38)55-47-23-10-7-20-41(47)42-21-8-11-24-48(42)55/h1-33H. The normalized spacial score (nSPS) is 11.6. The molecular weight excluding hydrogens is 683 g/mol. The Morgan fingerprint density at radius 1 is 0.357 bits per heavy atom. The highest BCUT2D eigenvalue weighted by molar-refractivity contribution is 6.14. The third kappa shape index (κ3) is 5.39. The molecule has 56 heavy (non-hydrogen) atoms. The number of hydrogen-bond acceptors (Lipinski definition) is 3. The zero-order valence-electron chi connectivity index (χ0n) is 30.3. The number of fused-ring (bicyclic) bond motifs is 6. The zero-order valence-corrected chi connectivity index (χ0v) is 30.3. The van der Waals surface area contributed by atoms with E-state index in [9.17, 15) is 0 Å². The molecule has 0 amide bonds. The Kier molecular flexibility index (Phi) is 7.46. The first-order valence-corrected chi connectivity index (χ1v) is 18.9. The van der Waals surface area contributed by atoms with Crippen molar-refractivity contribution in [3.8, 4) is 61.8 Å². The Bertz CT molecular complexity index is 3180. The van der Waals surface area contributed by atoms with Crippen molar-refractivity contribution in [2.24, 2.45) is 0 Å². The topological polar surface area (TPSA) is 43.9 Å². The minimum absolute atomic E-state index is 0.671. The van der Waals surface area contributed by atoms with Crippen LogP contribution in [0.25, 0.3) is 106 Å². The Morgan fingerprint density at radius 2 is 0.929 bits per heavy atom. The monoisotopic (exact) mass is 715 g/mol. The van der Waals surface area contributed by atoms with Crippen molar-refractivity contribution >= 4 is 43.7 Å². The van der Waals surface area contributed by atoms with Crippen LogP contribution in [-0.2, 0) is 0 Å². The van der Waals surface area contributed by atoms with Crippen LogP contribution in [0.5, 0.6) is 0 Å². The van der Waals surface area contributed by atoms with Gasteiger partial charge >= 0.3 is 0 Å². The molecule has 0 N–H and O–H groups in total. The SMILES string of the molecule is c1ccc(-c2ccc(-c3cc(-c4cc(-c5cccc(-n6c7ccccc7c7ccccc76)c5)cc5oc6ccccc6c45)nc(-c4ccccc4)n3)cc2)cc1. The molecule has 0 saturated heterocycles. The van der Waals surface area contributed by atoms with Gasteiger partial charge in [0.05, 0.1) is 22.4 Å². The summed E-state index contributed by atoms with van der Waals surface area (Å²) in [5.41, 5.74) is 14.2. The van der Waals surface area contributed by atoms with Crippen molar-refractivity contribution in [2.45, 2.75) is 0 Å². The molecular formula is C52H33N3O. The van der Waals surface area contributed by atoms with Crippen LogP contribution in [0.2, 0.25) is 0 Å². The number of nitrogens with zero attached hydrogens (tertiary/aromatic N) is 3. The number of rotatable bonds is 6. The molecule has 11 aromatic rings. The Morgan fingerprint density at radius 3 is 1.66 bits per heavy atom. The lowest BCUT2D eigenvalue weighted by atomic mass is 9.95. The van der Waals surface area contributed by atoms with Crippen LogP contribution in [0, 0.1) is 0 Å². The first-order chi connectivity index (χ1) is 27.7. The van der Waals surface area contributed by atoms with Crippen molar-refractivity contribution in [3.05, 3.63) is 200 Å². The molecule has 0 unspecified atom stereocenters. The van der Waals surface area contributed by atoms with Crippen molar-refractivity contribution in [3.63, 3.8) is 0 Å². The van der Waals surface area contributed by atoms with E-state index in [2.05, 4.69) is 168 Å². The maximum atomic E-state index is 6.63. The maximum Gasteiger partial charge on any atom is 0.160 e. The summed E-state index contributed by atoms with van der Waals surface area (Å²) in [6.07, 6.45) is 0. The average molecular weight is 716 g/mol. The van der Waals surface area contributed by atoms with Crippen LogP contribution in [0.4, 0.5) is 0 Å². The van der Waals surface area contributed by atoms with Gasteiger partial charge in [-0.05, 0) is 70.8 Å². The van der Waals surface area contributed by atoms with E-state index in [0.717, 1.165) is 72.4 Å². The second-order valence-corrected chi connectivity index (χ2v) is 14.2. The fourth-order valence-corrected chi connectivity index (χ4v) is 8.16. The Balaban J connectivity index is 1.12. The van der Waals surface area contributed by atoms with Gasteiger partial charge in [0.2, 0.25) is 0 Å². The van der Waals surface area contributed by atoms with Gasteiger partial charge in [0.15, 0.2) is 5.82 Å². The van der Waals surface area contributed by atoms with Crippen LogP contribution in [0.3, 0.4) is 0 Å². The quantitative estimate of drug-likeness (QED) is 0.172. The molecule has 3 heterocycles. The number of benzene rings is 8. The van der Waals surface area contributed by atoms with Crippen LogP contribution in [0.15, 0.2) is 205 Å². The Hall–Kier alpha value is -7.56. The summed E-state index contributed by atoms with van der Waals surface area (Å²) in [7, 11) is 0. The molecule has 0 bridgehead atoms. The van der Waals surface area contributed by atoms with Crippen LogP contribution < -0.4 is 0 Å². The van der Waals surface area contributed by atoms with E-state index in [-0.39, 0.29) is 0 Å². The fraction of sp³-hybridized carbons (Fsp3) is 0. The van der Waals surface area contributed by atoms with E-state index in [1.54, 1.807) is 0 Å². The average Bonchev–Trinajstić information content (AvgIpc) is 3.83. The van der Waals surface area contributed by atoms with E-state index >= 15 is 0 Å². The molecule has 11 rings (SSSR count). The lowest BCUT2D eigenvalue weighted by Gasteiger charge is -2.13. The molecule has 8 aromatic carbocycles. The first-order valence-electron chi connectivity index (χ1n) is 18.9. The van der Waals surface area contributed by atoms with E-state index in [1.165, 1.54) is 27.4 Å². The minimum atomic E-state index is 0.671. The molecule has 3 aromatic heterocycles. The van der Waals surface area contributed by atoms with Crippen molar-refractivity contribution < 1.29 is 4.42 Å². The summed E-state index contributed by atoms with van der Waals surface area (Å²) in [6.45, 7) is 0. The predicted octanol–water partition coefficient (Wildman–Crippen LogP) is 13.8. The molecule has 0 radical (unpaired) electrons. The van der Waals surface area contributed by atoms with Gasteiger partial charge in [0, 0.05) is 43.9 Å². The van der Waals surface area contributed by atoms with Crippen molar-refractivity contribution in [1.29, 1.82) is 0 Å². The zero-order chi connectivity index (χ0) is 37.0. The number of hydrogen-bond donors (Lipinski definition) is 0. The number of furan rings is 1. The van der Waals surface area contributed by atoms with Crippen molar-refractivity contribution in [2.75, 3.05) is 0 Å². The molecule has 0 fully saturated rings. The van der Waals surface area contributed by atoms with E-state index in [1.807, 2.05) is 36.4 Å². The van der Waals surface area contributed by atoms with Gasteiger partial charge in [-0.25, -0.2) is 9.97 Å². The smallest absolute Gasteiger partial charge is 0.160 e. The number of aromatic nitrogens is 3. The molecule has 0 saturated carbocycles. The number of para-hydroxylation sites is 3. The summed E-state index contributed by atoms with van der Waals surface area (Å²) in [6, 6.07) is 70.2. The van der Waals surface area contributed by atoms with Gasteiger partial charge in [-0.3, -0.25) is 0 Å². The first kappa shape index (κ1) is 31.9. The van der Waals surface area contributed by atoms with E-state index in [0.29, 0.717) is 5.82 Å². The summed E-state index contributed by atoms with van der Waals surface area (Å²) >= 11 is 0. The third-order valence-corrected chi connectivity index (χ3v) is 10.8. The van der Waals surface area contributed by atoms with Gasteiger partial charge < -0.3 is 8.98 Å². The molecule has 0 atom stereocenters. The van der Waals surface area contributed by atoms with Gasteiger partial charge in [-0.15, -0.1) is 0 Å². The van der Waals surface area contributed by atoms with Gasteiger partial charge in [-0.1, -0.05) is 152 Å². The summed E-state index contributed by atoms with van der Waals surface area (Å²) in [5.74, 6) is 0.671. The summed E-state index contributed by atoms with van der Waals surface area (Å²) in [4.78, 5) is 10.5. The molecule has 0 spiro atoms. The summed E-state index contributed by atoms with van der Waals surface area (Å²) < 4.78 is 8.99. The molecule has 0 aliphatic carbocycles. The minimum Gasteiger partial charge on any atom is -0.456 e. The highest BCUT2D eigenvalue weighted by atomic mass is 16.3. The summed E-state index contributed by atoms with van der Waals surface area (Å²) in [5, 5.41) is 4.56. The lowest BCUT2D eigenvalue weighted by molar-refractivity contribution is 0.669. The maximum absolute atomic E-state index is 6.63. The molecule has 262 valence electrons. The molecule has 4 nitrogen and oxygen atoms in total. The van der Waals surface area contributed by atoms with Crippen LogP contribution in [0.1, 0.15) is 0 Å². The second kappa shape index (κ2) is 13.1. The Labute approximate surface area is 323 Å². The van der Waals surface area contributed by atoms with Gasteiger partial charge in [0.25, 0.3) is 0 Å². The third-order valence-electron chi connectivity index (χ3n) is 10.8. The van der Waals surface area contributed by atoms with Gasteiger partial charge in [-0.2, -0.15) is 0 Å². The second-order valence-electron chi connectivity index (χ2n) is 14.2. The van der Waals surface area contributed by atoms with Crippen molar-refractivity contribution in [1.82, 2.24) is 14.5 Å². The highest BCUT2D eigenvalue weighted by Gasteiger charge is 2.19. The lowest BCUT2D eigenvalue weighted by Crippen LogP contribution is -1.97. The molecule has 0 aliphatic rings. The van der Waals surface area contributed by atoms with Crippen LogP contribution >= 0.6 is 0 Å². The van der Waals surface area contributed by atoms with E-state index < -0.39 is 0 Å². The molecule has 4 heteroatoms. The fourth-order valence-electron chi connectivity index (χ4n) is 8.16.